The van der Waals surface area contributed by atoms with Crippen molar-refractivity contribution in [3.8, 4) is 5.75 Å². The van der Waals surface area contributed by atoms with Gasteiger partial charge < -0.3 is 4.74 Å². The minimum Gasteiger partial charge on any atom is -0.492 e. The molecule has 0 saturated carbocycles. The maximum atomic E-state index is 5.76. The van der Waals surface area contributed by atoms with Gasteiger partial charge in [0.25, 0.3) is 0 Å². The molecule has 0 fully saturated rings. The Kier molecular flexibility index (Phi) is 4.01. The van der Waals surface area contributed by atoms with Crippen LogP contribution in [-0.2, 0) is 5.41 Å². The first-order chi connectivity index (χ1) is 7.55. The summed E-state index contributed by atoms with van der Waals surface area (Å²) in [6, 6.07) is 6.32. The highest BCUT2D eigenvalue weighted by atomic mass is 16.5. The van der Waals surface area contributed by atoms with Crippen molar-refractivity contribution in [1.29, 1.82) is 0 Å². The van der Waals surface area contributed by atoms with Crippen LogP contribution in [0.1, 0.15) is 45.7 Å². The molecule has 0 N–H and O–H groups in total. The van der Waals surface area contributed by atoms with Crippen molar-refractivity contribution in [2.75, 3.05) is 6.61 Å². The van der Waals surface area contributed by atoms with Gasteiger partial charge in [0.2, 0.25) is 0 Å². The third-order valence-corrected chi connectivity index (χ3v) is 3.61. The smallest absolute Gasteiger partial charge is 0.123 e. The average molecular weight is 220 g/mol. The van der Waals surface area contributed by atoms with Crippen LogP contribution in [0, 0.1) is 12.8 Å². The molecule has 0 saturated heterocycles. The van der Waals surface area contributed by atoms with Crippen LogP contribution in [0.3, 0.4) is 0 Å². The van der Waals surface area contributed by atoms with Gasteiger partial charge in [0.1, 0.15) is 5.75 Å². The highest BCUT2D eigenvalue weighted by Crippen LogP contribution is 2.44. The molecule has 90 valence electrons. The molecule has 0 amide bonds. The zero-order valence-corrected chi connectivity index (χ0v) is 11.4. The molecule has 1 aromatic rings. The van der Waals surface area contributed by atoms with Gasteiger partial charge in [-0.2, -0.15) is 0 Å². The Morgan fingerprint density at radius 2 is 1.88 bits per heavy atom. The van der Waals surface area contributed by atoms with Gasteiger partial charge in [-0.1, -0.05) is 46.8 Å². The van der Waals surface area contributed by atoms with Crippen LogP contribution in [0.4, 0.5) is 0 Å². The highest BCUT2D eigenvalue weighted by molar-refractivity contribution is 5.48. The van der Waals surface area contributed by atoms with Crippen molar-refractivity contribution in [3.63, 3.8) is 0 Å². The Hall–Kier alpha value is -0.980. The topological polar surface area (TPSA) is 9.23 Å². The molecule has 1 unspecified atom stereocenters. The van der Waals surface area contributed by atoms with Crippen molar-refractivity contribution in [3.05, 3.63) is 29.3 Å². The minimum absolute atomic E-state index is 0.195. The molecule has 1 nitrogen and oxygen atoms in total. The molecule has 0 spiro atoms. The lowest BCUT2D eigenvalue weighted by atomic mass is 9.73. The minimum atomic E-state index is 0.195. The number of fused-ring (bicyclic) bond motifs is 1. The number of benzene rings is 1. The van der Waals surface area contributed by atoms with Gasteiger partial charge in [0.15, 0.2) is 0 Å². The zero-order valence-electron chi connectivity index (χ0n) is 11.4. The van der Waals surface area contributed by atoms with Crippen LogP contribution in [-0.4, -0.2) is 6.61 Å². The van der Waals surface area contributed by atoms with E-state index in [4.69, 9.17) is 4.74 Å². The van der Waals surface area contributed by atoms with E-state index in [1.165, 1.54) is 11.1 Å². The second-order valence-corrected chi connectivity index (χ2v) is 4.81. The summed E-state index contributed by atoms with van der Waals surface area (Å²) >= 11 is 0. The third kappa shape index (κ3) is 1.95. The summed E-state index contributed by atoms with van der Waals surface area (Å²) in [5, 5.41) is 0. The quantitative estimate of drug-likeness (QED) is 0.684. The molecule has 2 rings (SSSR count). The van der Waals surface area contributed by atoms with Crippen LogP contribution in [0.15, 0.2) is 18.2 Å². The molecule has 0 aliphatic carbocycles. The SMILES string of the molecule is CC.Cc1cccc2c1C(C)(C(C)C)CO2. The van der Waals surface area contributed by atoms with Gasteiger partial charge in [-0.15, -0.1) is 0 Å². The van der Waals surface area contributed by atoms with Crippen molar-refractivity contribution >= 4 is 0 Å². The van der Waals surface area contributed by atoms with Gasteiger partial charge in [0, 0.05) is 11.0 Å². The first-order valence-electron chi connectivity index (χ1n) is 6.28. The van der Waals surface area contributed by atoms with E-state index in [0.29, 0.717) is 5.92 Å². The predicted octanol–water partition coefficient (Wildman–Crippen LogP) is 4.33. The summed E-state index contributed by atoms with van der Waals surface area (Å²) in [6.45, 7) is 13.8. The maximum absolute atomic E-state index is 5.76. The molecule has 1 heterocycles. The Morgan fingerprint density at radius 1 is 1.25 bits per heavy atom. The fourth-order valence-corrected chi connectivity index (χ4v) is 2.25. The summed E-state index contributed by atoms with van der Waals surface area (Å²) < 4.78 is 5.76. The van der Waals surface area contributed by atoms with Gasteiger partial charge in [-0.05, 0) is 24.5 Å². The molecule has 1 aromatic carbocycles. The first-order valence-corrected chi connectivity index (χ1v) is 6.28. The molecule has 1 aliphatic heterocycles. The fourth-order valence-electron chi connectivity index (χ4n) is 2.25. The summed E-state index contributed by atoms with van der Waals surface area (Å²) in [4.78, 5) is 0. The molecule has 0 aromatic heterocycles. The predicted molar refractivity (Wildman–Crippen MR) is 70.2 cm³/mol. The monoisotopic (exact) mass is 220 g/mol. The van der Waals surface area contributed by atoms with E-state index in [-0.39, 0.29) is 5.41 Å². The van der Waals surface area contributed by atoms with E-state index in [1.807, 2.05) is 13.8 Å². The van der Waals surface area contributed by atoms with Crippen LogP contribution in [0.2, 0.25) is 0 Å². The highest BCUT2D eigenvalue weighted by Gasteiger charge is 2.39. The van der Waals surface area contributed by atoms with E-state index in [2.05, 4.69) is 45.9 Å². The van der Waals surface area contributed by atoms with E-state index in [0.717, 1.165) is 12.4 Å². The Bertz CT molecular complexity index is 354. The lowest BCUT2D eigenvalue weighted by Gasteiger charge is -2.28. The largest absolute Gasteiger partial charge is 0.492 e. The number of ether oxygens (including phenoxy) is 1. The first kappa shape index (κ1) is 13.1. The summed E-state index contributed by atoms with van der Waals surface area (Å²) in [5.74, 6) is 1.70. The summed E-state index contributed by atoms with van der Waals surface area (Å²) in [5.41, 5.74) is 2.96. The van der Waals surface area contributed by atoms with Gasteiger partial charge in [-0.25, -0.2) is 0 Å². The van der Waals surface area contributed by atoms with Crippen LogP contribution < -0.4 is 4.74 Å². The molecular formula is C15H24O. The van der Waals surface area contributed by atoms with Crippen molar-refractivity contribution in [2.45, 2.75) is 47.0 Å². The number of hydrogen-bond donors (Lipinski definition) is 0. The molecule has 16 heavy (non-hydrogen) atoms. The second-order valence-electron chi connectivity index (χ2n) is 4.81. The lowest BCUT2D eigenvalue weighted by Crippen LogP contribution is -2.30. The Labute approximate surface area is 99.8 Å². The second kappa shape index (κ2) is 4.90. The molecule has 0 radical (unpaired) electrons. The van der Waals surface area contributed by atoms with Crippen molar-refractivity contribution in [2.24, 2.45) is 5.92 Å². The number of hydrogen-bond acceptors (Lipinski definition) is 1. The van der Waals surface area contributed by atoms with Gasteiger partial charge >= 0.3 is 0 Å². The van der Waals surface area contributed by atoms with Gasteiger partial charge in [-0.3, -0.25) is 0 Å². The molecule has 1 heteroatoms. The van der Waals surface area contributed by atoms with Crippen molar-refractivity contribution < 1.29 is 4.74 Å². The molecule has 1 aliphatic rings. The summed E-state index contributed by atoms with van der Waals surface area (Å²) in [6.07, 6.45) is 0. The summed E-state index contributed by atoms with van der Waals surface area (Å²) in [7, 11) is 0. The Morgan fingerprint density at radius 3 is 2.44 bits per heavy atom. The van der Waals surface area contributed by atoms with E-state index >= 15 is 0 Å². The van der Waals surface area contributed by atoms with Crippen LogP contribution >= 0.6 is 0 Å². The number of aryl methyl sites for hydroxylation is 1. The van der Waals surface area contributed by atoms with E-state index in [9.17, 15) is 0 Å². The normalized spacial score (nSPS) is 22.2. The average Bonchev–Trinajstić information content (AvgIpc) is 2.62. The maximum Gasteiger partial charge on any atom is 0.123 e. The third-order valence-electron chi connectivity index (χ3n) is 3.61. The van der Waals surface area contributed by atoms with E-state index < -0.39 is 0 Å². The fraction of sp³-hybridized carbons (Fsp3) is 0.600. The van der Waals surface area contributed by atoms with Gasteiger partial charge in [0.05, 0.1) is 6.61 Å². The van der Waals surface area contributed by atoms with Crippen molar-refractivity contribution in [1.82, 2.24) is 0 Å². The standard InChI is InChI=1S/C13H18O.C2H6/c1-9(2)13(4)8-14-11-7-5-6-10(3)12(11)13;1-2/h5-7,9H,8H2,1-4H3;1-2H3. The molecular weight excluding hydrogens is 196 g/mol. The van der Waals surface area contributed by atoms with E-state index in [1.54, 1.807) is 0 Å². The van der Waals surface area contributed by atoms with Crippen LogP contribution in [0.5, 0.6) is 5.75 Å². The lowest BCUT2D eigenvalue weighted by molar-refractivity contribution is 0.230. The zero-order chi connectivity index (χ0) is 12.3. The van der Waals surface area contributed by atoms with Crippen LogP contribution in [0.25, 0.3) is 0 Å². The number of rotatable bonds is 1. The molecule has 1 atom stereocenters. The molecule has 0 bridgehead atoms. The Balaban J connectivity index is 0.000000606.